The van der Waals surface area contributed by atoms with Gasteiger partial charge in [-0.25, -0.2) is 40.7 Å². The molecule has 1 aliphatic rings. The number of amidine groups is 2. The number of halogens is 2. The molecule has 4 aromatic heterocycles. The number of oxazole rings is 2. The van der Waals surface area contributed by atoms with Gasteiger partial charge in [0.1, 0.15) is 18.2 Å². The Bertz CT molecular complexity index is 1250. The van der Waals surface area contributed by atoms with Gasteiger partial charge in [-0.2, -0.15) is 0 Å². The summed E-state index contributed by atoms with van der Waals surface area (Å²) in [6.45, 7) is 0.452. The Morgan fingerprint density at radius 1 is 0.892 bits per heavy atom. The molecule has 15 nitrogen and oxygen atoms in total. The van der Waals surface area contributed by atoms with Gasteiger partial charge in [0.25, 0.3) is 5.89 Å². The number of nitrogens with one attached hydrogen (secondary N) is 2. The fourth-order valence-electron chi connectivity index (χ4n) is 2.20. The number of nitrogen functional groups attached to an aromatic ring is 2. The van der Waals surface area contributed by atoms with Crippen molar-refractivity contribution in [2.75, 3.05) is 6.54 Å². The predicted molar refractivity (Wildman–Crippen MR) is 139 cm³/mol. The molecule has 0 radical (unpaired) electrons. The summed E-state index contributed by atoms with van der Waals surface area (Å²) in [5.74, 6) is 5.91. The van der Waals surface area contributed by atoms with Crippen molar-refractivity contribution in [1.82, 2.24) is 35.3 Å². The summed E-state index contributed by atoms with van der Waals surface area (Å²) in [6.07, 6.45) is 12.2. The number of rotatable bonds is 4. The monoisotopic (exact) mass is 550 g/mol. The first-order chi connectivity index (χ1) is 16.6. The van der Waals surface area contributed by atoms with Crippen LogP contribution in [0.15, 0.2) is 80.7 Å². The number of hydrogen-bond donors (Lipinski definition) is 4. The third kappa shape index (κ3) is 9.88. The number of nitrogens with two attached hydrogens (primary N) is 2. The molecule has 196 valence electrons. The Labute approximate surface area is 223 Å². The van der Waals surface area contributed by atoms with E-state index in [0.29, 0.717) is 29.8 Å². The van der Waals surface area contributed by atoms with E-state index in [1.807, 2.05) is 5.43 Å². The topological polar surface area (TPSA) is 233 Å². The number of nitrogens with zero attached hydrogens (tertiary/aromatic N) is 8. The minimum absolute atomic E-state index is 0. The van der Waals surface area contributed by atoms with Gasteiger partial charge in [-0.05, 0) is 12.1 Å². The Morgan fingerprint density at radius 2 is 1.49 bits per heavy atom. The van der Waals surface area contributed by atoms with Crippen LogP contribution in [0.5, 0.6) is 0 Å². The van der Waals surface area contributed by atoms with Gasteiger partial charge < -0.3 is 14.6 Å². The summed E-state index contributed by atoms with van der Waals surface area (Å²) >= 11 is 0. The molecule has 0 unspecified atom stereocenters. The van der Waals surface area contributed by atoms with Crippen LogP contribution in [0.25, 0.3) is 0 Å². The van der Waals surface area contributed by atoms with Gasteiger partial charge in [-0.15, -0.1) is 24.8 Å². The zero-order valence-corrected chi connectivity index (χ0v) is 19.9. The van der Waals surface area contributed by atoms with Crippen LogP contribution < -0.4 is 17.0 Å². The zero-order valence-electron chi connectivity index (χ0n) is 18.3. The second-order valence-electron chi connectivity index (χ2n) is 5.90. The van der Waals surface area contributed by atoms with E-state index in [0.717, 1.165) is 0 Å². The van der Waals surface area contributed by atoms with Crippen LogP contribution in [-0.2, 0) is 0 Å². The van der Waals surface area contributed by atoms with Crippen LogP contribution in [0, 0.1) is 5.41 Å². The van der Waals surface area contributed by atoms with Crippen molar-refractivity contribution < 1.29 is 13.6 Å². The lowest BCUT2D eigenvalue weighted by atomic mass is 10.4. The van der Waals surface area contributed by atoms with Crippen LogP contribution >= 0.6 is 24.8 Å². The largest absolute Gasteiger partial charge is 0.444 e. The summed E-state index contributed by atoms with van der Waals surface area (Å²) in [6, 6.07) is 3.42. The SMILES string of the molecule is C.Cl.Cl.N=C(N)c1ncccn1.NNC(=O)c1ncco1.c1cnc(C2=NCC(c3ncco3)=N2)nc1. The van der Waals surface area contributed by atoms with Crippen molar-refractivity contribution in [2.24, 2.45) is 21.6 Å². The molecule has 5 heterocycles. The lowest BCUT2D eigenvalue weighted by Crippen LogP contribution is -2.30. The first-order valence-electron chi connectivity index (χ1n) is 9.39. The highest BCUT2D eigenvalue weighted by Crippen LogP contribution is 2.08. The average molecular weight is 551 g/mol. The second-order valence-corrected chi connectivity index (χ2v) is 5.90. The number of hydrazine groups is 1. The van der Waals surface area contributed by atoms with Gasteiger partial charge in [0.15, 0.2) is 23.3 Å². The molecular weight excluding hydrogens is 527 g/mol. The lowest BCUT2D eigenvalue weighted by molar-refractivity contribution is 0.0919. The number of carbonyl (C=O) groups is 1. The van der Waals surface area contributed by atoms with Gasteiger partial charge in [0.2, 0.25) is 5.89 Å². The molecule has 0 saturated carbocycles. The molecule has 1 amide bonds. The van der Waals surface area contributed by atoms with E-state index in [-0.39, 0.29) is 49.8 Å². The van der Waals surface area contributed by atoms with E-state index in [1.165, 1.54) is 18.7 Å². The molecule has 17 heteroatoms. The lowest BCUT2D eigenvalue weighted by Gasteiger charge is -1.92. The van der Waals surface area contributed by atoms with Crippen LogP contribution in [-0.4, -0.2) is 59.7 Å². The zero-order chi connectivity index (χ0) is 24.2. The van der Waals surface area contributed by atoms with Gasteiger partial charge in [-0.3, -0.25) is 20.6 Å². The minimum Gasteiger partial charge on any atom is -0.444 e. The summed E-state index contributed by atoms with van der Waals surface area (Å²) < 4.78 is 9.73. The standard InChI is InChI=1S/C10H7N5O.C5H6N4.C4H5N3O2.CH4.2ClH/c1-2-11-8(12-3-1)9-14-6-7(15-9)10-13-4-5-16-10;6-4(7)5-8-2-1-3-9-5;5-7-3(8)4-6-1-2-9-4;;;/h1-5H,6H2;1-3H,(H3,6,7);1-2H,5H2,(H,7,8);1H4;2*1H. The molecule has 37 heavy (non-hydrogen) atoms. The molecule has 0 aliphatic carbocycles. The maximum Gasteiger partial charge on any atom is 0.320 e. The number of amides is 1. The Hall–Kier alpha value is -4.60. The fraction of sp³-hybridized carbons (Fsp3) is 0.100. The molecule has 6 N–H and O–H groups in total. The number of aliphatic imine (C=N–C) groups is 2. The van der Waals surface area contributed by atoms with E-state index < -0.39 is 5.91 Å². The molecule has 4 aromatic rings. The van der Waals surface area contributed by atoms with Crippen LogP contribution in [0.4, 0.5) is 0 Å². The van der Waals surface area contributed by atoms with E-state index in [2.05, 4.69) is 44.3 Å². The summed E-state index contributed by atoms with van der Waals surface area (Å²) in [7, 11) is 0. The molecule has 5 rings (SSSR count). The molecule has 0 aromatic carbocycles. The summed E-state index contributed by atoms with van der Waals surface area (Å²) in [4.78, 5) is 42.1. The Balaban J connectivity index is 0.000000540. The maximum atomic E-state index is 10.5. The number of hydrogen-bond acceptors (Lipinski definition) is 13. The van der Waals surface area contributed by atoms with E-state index >= 15 is 0 Å². The molecule has 0 bridgehead atoms. The molecule has 0 fully saturated rings. The maximum absolute atomic E-state index is 10.5. The number of carbonyl (C=O) groups excluding carboxylic acids is 1. The third-order valence-corrected chi connectivity index (χ3v) is 3.63. The highest BCUT2D eigenvalue weighted by molar-refractivity contribution is 6.14. The second kappa shape index (κ2) is 16.9. The first-order valence-corrected chi connectivity index (χ1v) is 9.39. The molecule has 0 spiro atoms. The van der Waals surface area contributed by atoms with Crippen LogP contribution in [0.3, 0.4) is 0 Å². The van der Waals surface area contributed by atoms with E-state index in [4.69, 9.17) is 21.4 Å². The van der Waals surface area contributed by atoms with Crippen molar-refractivity contribution in [3.8, 4) is 0 Å². The summed E-state index contributed by atoms with van der Waals surface area (Å²) in [5, 5.41) is 6.89. The summed E-state index contributed by atoms with van der Waals surface area (Å²) in [5.41, 5.74) is 7.65. The highest BCUT2D eigenvalue weighted by atomic mass is 35.5. The van der Waals surface area contributed by atoms with Gasteiger partial charge in [-0.1, -0.05) is 7.43 Å². The number of aromatic nitrogens is 6. The van der Waals surface area contributed by atoms with Gasteiger partial charge in [0, 0.05) is 24.8 Å². The fourth-order valence-corrected chi connectivity index (χ4v) is 2.20. The van der Waals surface area contributed by atoms with Crippen molar-refractivity contribution >= 4 is 48.1 Å². The molecule has 1 aliphatic heterocycles. The van der Waals surface area contributed by atoms with Crippen molar-refractivity contribution in [2.45, 2.75) is 7.43 Å². The smallest absolute Gasteiger partial charge is 0.320 e. The van der Waals surface area contributed by atoms with Gasteiger partial charge in [0.05, 0.1) is 18.9 Å². The predicted octanol–water partition coefficient (Wildman–Crippen LogP) is 1.23. The highest BCUT2D eigenvalue weighted by Gasteiger charge is 2.18. The van der Waals surface area contributed by atoms with Gasteiger partial charge >= 0.3 is 5.91 Å². The van der Waals surface area contributed by atoms with Crippen molar-refractivity contribution in [1.29, 1.82) is 5.41 Å². The van der Waals surface area contributed by atoms with E-state index in [1.54, 1.807) is 43.1 Å². The minimum atomic E-state index is -0.528. The Morgan fingerprint density at radius 3 is 1.97 bits per heavy atom. The Kier molecular flexibility index (Phi) is 14.8. The molecule has 0 atom stereocenters. The van der Waals surface area contributed by atoms with Crippen LogP contribution in [0.2, 0.25) is 0 Å². The first kappa shape index (κ1) is 32.4. The van der Waals surface area contributed by atoms with Crippen molar-refractivity contribution in [3.63, 3.8) is 0 Å². The van der Waals surface area contributed by atoms with Crippen molar-refractivity contribution in [3.05, 3.63) is 85.3 Å². The van der Waals surface area contributed by atoms with E-state index in [9.17, 15) is 4.79 Å². The average Bonchev–Trinajstić information content (AvgIpc) is 3.67. The van der Waals surface area contributed by atoms with Crippen LogP contribution in [0.1, 0.15) is 35.7 Å². The quantitative estimate of drug-likeness (QED) is 0.0925. The normalized spacial score (nSPS) is 10.7. The molecule has 0 saturated heterocycles. The molecular formula is C20H24Cl2N12O3. The third-order valence-electron chi connectivity index (χ3n) is 3.63.